The van der Waals surface area contributed by atoms with Crippen molar-refractivity contribution in [3.63, 3.8) is 0 Å². The summed E-state index contributed by atoms with van der Waals surface area (Å²) in [6.07, 6.45) is 6.60. The molecule has 0 aromatic carbocycles. The van der Waals surface area contributed by atoms with E-state index in [1.165, 1.54) is 18.0 Å². The number of amides is 1. The molecule has 0 aliphatic heterocycles. The van der Waals surface area contributed by atoms with Crippen molar-refractivity contribution < 1.29 is 4.79 Å². The van der Waals surface area contributed by atoms with Crippen LogP contribution in [0.1, 0.15) is 13.8 Å². The highest BCUT2D eigenvalue weighted by Gasteiger charge is 2.27. The van der Waals surface area contributed by atoms with Gasteiger partial charge in [-0.1, -0.05) is 11.6 Å². The maximum atomic E-state index is 12.1. The monoisotopic (exact) mass is 312 g/mol. The van der Waals surface area contributed by atoms with E-state index < -0.39 is 4.75 Å². The summed E-state index contributed by atoms with van der Waals surface area (Å²) in [5, 5.41) is 12.8. The van der Waals surface area contributed by atoms with Crippen molar-refractivity contribution in [1.29, 1.82) is 5.41 Å². The molecule has 5 nitrogen and oxygen atoms in total. The van der Waals surface area contributed by atoms with Crippen LogP contribution in [0.5, 0.6) is 0 Å². The number of thioether (sulfide) groups is 1. The van der Waals surface area contributed by atoms with Gasteiger partial charge in [-0.2, -0.15) is 0 Å². The highest BCUT2D eigenvalue weighted by Crippen LogP contribution is 2.21. The van der Waals surface area contributed by atoms with Gasteiger partial charge in [-0.15, -0.1) is 11.8 Å². The average Bonchev–Trinajstić information content (AvgIpc) is 2.43. The smallest absolute Gasteiger partial charge is 0.240 e. The molecule has 0 fully saturated rings. The molecule has 0 unspecified atom stereocenters. The maximum Gasteiger partial charge on any atom is 0.240 e. The minimum atomic E-state index is -0.597. The number of carbonyl (C=O) groups is 1. The van der Waals surface area contributed by atoms with Crippen molar-refractivity contribution in [3.8, 4) is 0 Å². The number of nitrogens with zero attached hydrogens (tertiary/aromatic N) is 1. The van der Waals surface area contributed by atoms with Gasteiger partial charge in [-0.3, -0.25) is 15.2 Å². The van der Waals surface area contributed by atoms with Crippen LogP contribution in [0.15, 0.2) is 36.4 Å². The molecule has 20 heavy (non-hydrogen) atoms. The van der Waals surface area contributed by atoms with Crippen molar-refractivity contribution in [2.24, 2.45) is 0 Å². The van der Waals surface area contributed by atoms with E-state index in [1.807, 2.05) is 12.3 Å². The number of halogens is 1. The Morgan fingerprint density at radius 2 is 2.25 bits per heavy atom. The fraction of sp³-hybridized carbons (Fsp3) is 0.308. The Labute approximate surface area is 127 Å². The lowest BCUT2D eigenvalue weighted by molar-refractivity contribution is -0.121. The van der Waals surface area contributed by atoms with E-state index >= 15 is 0 Å². The summed E-state index contributed by atoms with van der Waals surface area (Å²) in [7, 11) is 0. The molecule has 1 aromatic rings. The zero-order valence-electron chi connectivity index (χ0n) is 11.5. The lowest BCUT2D eigenvalue weighted by atomic mass is 10.2. The van der Waals surface area contributed by atoms with Crippen LogP contribution in [-0.2, 0) is 4.79 Å². The Kier molecular flexibility index (Phi) is 6.04. The molecule has 1 rings (SSSR count). The Morgan fingerprint density at radius 1 is 1.55 bits per heavy atom. The first-order valence-corrected chi connectivity index (χ1v) is 7.45. The van der Waals surface area contributed by atoms with Crippen molar-refractivity contribution in [1.82, 2.24) is 10.3 Å². The lowest BCUT2D eigenvalue weighted by Gasteiger charge is -2.21. The molecule has 1 amide bonds. The van der Waals surface area contributed by atoms with Gasteiger partial charge in [0.05, 0.1) is 22.3 Å². The normalized spacial score (nSPS) is 11.9. The topological polar surface area (TPSA) is 77.9 Å². The lowest BCUT2D eigenvalue weighted by Crippen LogP contribution is -2.40. The molecule has 1 heterocycles. The van der Waals surface area contributed by atoms with Gasteiger partial charge in [0, 0.05) is 12.4 Å². The first-order valence-electron chi connectivity index (χ1n) is 5.84. The van der Waals surface area contributed by atoms with E-state index in [0.717, 1.165) is 5.69 Å². The summed E-state index contributed by atoms with van der Waals surface area (Å²) in [6, 6.07) is 3.59. The zero-order chi connectivity index (χ0) is 15.2. The molecule has 0 atom stereocenters. The van der Waals surface area contributed by atoms with Crippen molar-refractivity contribution in [2.45, 2.75) is 18.6 Å². The third kappa shape index (κ3) is 4.86. The second-order valence-corrected chi connectivity index (χ2v) is 6.23. The molecule has 0 aliphatic rings. The van der Waals surface area contributed by atoms with Gasteiger partial charge >= 0.3 is 0 Å². The van der Waals surface area contributed by atoms with Crippen molar-refractivity contribution in [3.05, 3.63) is 36.4 Å². The van der Waals surface area contributed by atoms with Crippen LogP contribution in [0.2, 0.25) is 0 Å². The van der Waals surface area contributed by atoms with Crippen LogP contribution >= 0.6 is 23.4 Å². The second-order valence-electron chi connectivity index (χ2n) is 4.43. The standard InChI is InChI=1S/C13H17ClN4OS/c1-13(2,20-3)12(19)18-10(11(14)15)8-17-9-5-4-6-16-7-9/h4-8,15,17H,1-3H3,(H,18,19)/b10-8+,15-11?. The van der Waals surface area contributed by atoms with Gasteiger partial charge in [0.15, 0.2) is 0 Å². The molecule has 0 aliphatic carbocycles. The number of anilines is 1. The second kappa shape index (κ2) is 7.31. The minimum absolute atomic E-state index is 0.211. The van der Waals surface area contributed by atoms with Gasteiger partial charge in [-0.05, 0) is 32.2 Å². The van der Waals surface area contributed by atoms with Gasteiger partial charge in [-0.25, -0.2) is 0 Å². The molecule has 0 spiro atoms. The van der Waals surface area contributed by atoms with Crippen LogP contribution in [0, 0.1) is 5.41 Å². The third-order valence-electron chi connectivity index (χ3n) is 2.59. The first-order chi connectivity index (χ1) is 9.36. The molecule has 108 valence electrons. The number of aromatic nitrogens is 1. The number of allylic oxidation sites excluding steroid dienone is 1. The SMILES string of the molecule is CSC(C)(C)C(=O)N/C(=C/Nc1cccnc1)C(=N)Cl. The van der Waals surface area contributed by atoms with Gasteiger partial charge in [0.25, 0.3) is 0 Å². The van der Waals surface area contributed by atoms with E-state index in [4.69, 9.17) is 17.0 Å². The number of hydrogen-bond acceptors (Lipinski definition) is 5. The van der Waals surface area contributed by atoms with E-state index in [2.05, 4.69) is 15.6 Å². The fourth-order valence-corrected chi connectivity index (χ4v) is 1.46. The minimum Gasteiger partial charge on any atom is -0.358 e. The molecule has 1 aromatic heterocycles. The maximum absolute atomic E-state index is 12.1. The predicted molar refractivity (Wildman–Crippen MR) is 85.3 cm³/mol. The van der Waals surface area contributed by atoms with E-state index in [-0.39, 0.29) is 16.8 Å². The first kappa shape index (κ1) is 16.5. The molecule has 3 N–H and O–H groups in total. The van der Waals surface area contributed by atoms with Gasteiger partial charge < -0.3 is 10.6 Å². The number of rotatable bonds is 6. The van der Waals surface area contributed by atoms with Crippen molar-refractivity contribution >= 4 is 40.1 Å². The molecule has 0 radical (unpaired) electrons. The number of pyridine rings is 1. The van der Waals surface area contributed by atoms with Crippen LogP contribution in [0.25, 0.3) is 0 Å². The summed E-state index contributed by atoms with van der Waals surface area (Å²) < 4.78 is -0.597. The third-order valence-corrected chi connectivity index (χ3v) is 4.00. The highest BCUT2D eigenvalue weighted by molar-refractivity contribution is 8.00. The Hall–Kier alpha value is -1.53. The van der Waals surface area contributed by atoms with E-state index in [0.29, 0.717) is 0 Å². The molecule has 0 bridgehead atoms. The zero-order valence-corrected chi connectivity index (χ0v) is 13.1. The van der Waals surface area contributed by atoms with E-state index in [1.54, 1.807) is 32.3 Å². The van der Waals surface area contributed by atoms with E-state index in [9.17, 15) is 4.79 Å². The Morgan fingerprint density at radius 3 is 2.75 bits per heavy atom. The summed E-state index contributed by atoms with van der Waals surface area (Å²) in [5.74, 6) is -0.213. The Balaban J connectivity index is 2.80. The van der Waals surface area contributed by atoms with Crippen LogP contribution < -0.4 is 10.6 Å². The van der Waals surface area contributed by atoms with Gasteiger partial charge in [0.1, 0.15) is 5.17 Å². The quantitative estimate of drug-likeness (QED) is 0.706. The predicted octanol–water partition coefficient (Wildman–Crippen LogP) is 2.81. The summed E-state index contributed by atoms with van der Waals surface area (Å²) >= 11 is 7.11. The molecule has 0 saturated heterocycles. The summed E-state index contributed by atoms with van der Waals surface area (Å²) in [6.45, 7) is 3.61. The Bertz CT molecular complexity index is 516. The van der Waals surface area contributed by atoms with Crippen molar-refractivity contribution in [2.75, 3.05) is 11.6 Å². The largest absolute Gasteiger partial charge is 0.358 e. The molecule has 7 heteroatoms. The summed E-state index contributed by atoms with van der Waals surface area (Å²) in [4.78, 5) is 16.0. The number of carbonyl (C=O) groups excluding carboxylic acids is 1. The van der Waals surface area contributed by atoms with Gasteiger partial charge in [0.2, 0.25) is 5.91 Å². The highest BCUT2D eigenvalue weighted by atomic mass is 35.5. The van der Waals surface area contributed by atoms with Crippen LogP contribution in [0.3, 0.4) is 0 Å². The molecule has 0 saturated carbocycles. The fourth-order valence-electron chi connectivity index (χ4n) is 1.12. The number of nitrogens with one attached hydrogen (secondary N) is 3. The molecular formula is C13H17ClN4OS. The van der Waals surface area contributed by atoms with Crippen LogP contribution in [0.4, 0.5) is 5.69 Å². The average molecular weight is 313 g/mol. The number of hydrogen-bond donors (Lipinski definition) is 3. The molecular weight excluding hydrogens is 296 g/mol. The summed E-state index contributed by atoms with van der Waals surface area (Å²) in [5.41, 5.74) is 0.948. The van der Waals surface area contributed by atoms with Crippen LogP contribution in [-0.4, -0.2) is 27.1 Å².